The van der Waals surface area contributed by atoms with Gasteiger partial charge < -0.3 is 10.2 Å². The Morgan fingerprint density at radius 3 is 3.00 bits per heavy atom. The molecular formula is C10H13N3O3S. The minimum atomic E-state index is -1.17. The van der Waals surface area contributed by atoms with Gasteiger partial charge in [-0.1, -0.05) is 11.8 Å². The molecule has 1 rings (SSSR count). The number of hydrogen-bond acceptors (Lipinski definition) is 6. The van der Waals surface area contributed by atoms with Crippen LogP contribution in [-0.4, -0.2) is 37.4 Å². The average Bonchev–Trinajstić information content (AvgIpc) is 2.75. The number of carbonyl (C=O) groups excluding carboxylic acids is 1. The molecule has 2 atom stereocenters. The second-order valence-electron chi connectivity index (χ2n) is 3.45. The third-order valence-corrected chi connectivity index (χ3v) is 3.03. The molecule has 0 radical (unpaired) electrons. The van der Waals surface area contributed by atoms with Crippen LogP contribution in [0.4, 0.5) is 0 Å². The fraction of sp³-hybridized carbons (Fsp3) is 0.500. The summed E-state index contributed by atoms with van der Waals surface area (Å²) in [5.41, 5.74) is 0.406. The molecule has 0 fully saturated rings. The first kappa shape index (κ1) is 13.7. The van der Waals surface area contributed by atoms with E-state index < -0.39 is 12.2 Å². The zero-order chi connectivity index (χ0) is 12.8. The molecule has 92 valence electrons. The minimum Gasteiger partial charge on any atom is -0.390 e. The Labute approximate surface area is 103 Å². The number of hydrogen-bond donors (Lipinski definition) is 3. The summed E-state index contributed by atoms with van der Waals surface area (Å²) in [5.74, 6) is 0.424. The molecule has 0 saturated heterocycles. The van der Waals surface area contributed by atoms with Gasteiger partial charge in [0.25, 0.3) is 0 Å². The fourth-order valence-electron chi connectivity index (χ4n) is 1.30. The van der Waals surface area contributed by atoms with E-state index in [1.165, 1.54) is 13.1 Å². The molecule has 0 aliphatic carbocycles. The quantitative estimate of drug-likeness (QED) is 0.700. The molecule has 7 heteroatoms. The van der Waals surface area contributed by atoms with E-state index in [4.69, 9.17) is 5.26 Å². The lowest BCUT2D eigenvalue weighted by atomic mass is 10.0. The summed E-state index contributed by atoms with van der Waals surface area (Å²) in [6, 6.07) is 1.84. The highest BCUT2D eigenvalue weighted by molar-refractivity contribution is 8.13. The molecular weight excluding hydrogens is 242 g/mol. The molecule has 0 aliphatic rings. The van der Waals surface area contributed by atoms with Crippen LogP contribution in [0.5, 0.6) is 0 Å². The number of H-pyrrole nitrogens is 1. The molecule has 1 aromatic heterocycles. The summed E-state index contributed by atoms with van der Waals surface area (Å²) in [4.78, 5) is 10.7. The predicted octanol–water partition coefficient (Wildman–Crippen LogP) is 0.345. The number of carbonyl (C=O) groups is 1. The number of aromatic nitrogens is 2. The average molecular weight is 255 g/mol. The van der Waals surface area contributed by atoms with Crippen molar-refractivity contribution in [3.8, 4) is 6.07 Å². The number of aromatic amines is 1. The van der Waals surface area contributed by atoms with E-state index in [0.717, 1.165) is 11.8 Å². The van der Waals surface area contributed by atoms with Crippen LogP contribution in [0, 0.1) is 11.3 Å². The lowest BCUT2D eigenvalue weighted by molar-refractivity contribution is -0.109. The van der Waals surface area contributed by atoms with Crippen molar-refractivity contribution in [2.75, 3.05) is 5.75 Å². The molecule has 2 unspecified atom stereocenters. The van der Waals surface area contributed by atoms with Crippen molar-refractivity contribution in [1.82, 2.24) is 10.2 Å². The van der Waals surface area contributed by atoms with Gasteiger partial charge in [-0.3, -0.25) is 9.89 Å². The second kappa shape index (κ2) is 6.39. The molecule has 0 saturated carbocycles. The standard InChI is InChI=1S/C10H13N3O3S/c1-6(14)17-3-2-9(15)10(16)7-5-12-13-8(7)4-11/h5,9-10,15-16H,2-3H2,1H3,(H,12,13). The van der Waals surface area contributed by atoms with Gasteiger partial charge >= 0.3 is 0 Å². The van der Waals surface area contributed by atoms with Crippen molar-refractivity contribution in [3.63, 3.8) is 0 Å². The molecule has 0 amide bonds. The molecule has 3 N–H and O–H groups in total. The molecule has 0 aliphatic heterocycles. The number of nitrogens with one attached hydrogen (secondary N) is 1. The number of aliphatic hydroxyl groups excluding tert-OH is 2. The highest BCUT2D eigenvalue weighted by Gasteiger charge is 2.22. The molecule has 1 heterocycles. The monoisotopic (exact) mass is 255 g/mol. The summed E-state index contributed by atoms with van der Waals surface area (Å²) in [6.07, 6.45) is -0.617. The van der Waals surface area contributed by atoms with E-state index in [1.54, 1.807) is 0 Å². The Morgan fingerprint density at radius 1 is 1.71 bits per heavy atom. The lowest BCUT2D eigenvalue weighted by Crippen LogP contribution is -2.19. The first-order valence-corrected chi connectivity index (χ1v) is 5.97. The SMILES string of the molecule is CC(=O)SCCC(O)C(O)c1cn[nH]c1C#N. The Balaban J connectivity index is 2.55. The van der Waals surface area contributed by atoms with E-state index in [0.29, 0.717) is 5.75 Å². The maximum absolute atomic E-state index is 10.7. The smallest absolute Gasteiger partial charge is 0.185 e. The fourth-order valence-corrected chi connectivity index (χ4v) is 1.94. The maximum atomic E-state index is 10.7. The first-order valence-electron chi connectivity index (χ1n) is 4.99. The van der Waals surface area contributed by atoms with Crippen LogP contribution in [0.2, 0.25) is 0 Å². The van der Waals surface area contributed by atoms with Crippen LogP contribution in [-0.2, 0) is 4.79 Å². The van der Waals surface area contributed by atoms with Crippen LogP contribution in [0.3, 0.4) is 0 Å². The van der Waals surface area contributed by atoms with Gasteiger partial charge in [0.2, 0.25) is 0 Å². The Kier molecular flexibility index (Phi) is 5.15. The van der Waals surface area contributed by atoms with Gasteiger partial charge in [-0.2, -0.15) is 10.4 Å². The Morgan fingerprint density at radius 2 is 2.41 bits per heavy atom. The van der Waals surface area contributed by atoms with E-state index in [9.17, 15) is 15.0 Å². The van der Waals surface area contributed by atoms with Crippen molar-refractivity contribution in [3.05, 3.63) is 17.5 Å². The lowest BCUT2D eigenvalue weighted by Gasteiger charge is -2.16. The summed E-state index contributed by atoms with van der Waals surface area (Å²) in [6.45, 7) is 1.44. The highest BCUT2D eigenvalue weighted by Crippen LogP contribution is 2.21. The highest BCUT2D eigenvalue weighted by atomic mass is 32.2. The van der Waals surface area contributed by atoms with Crippen molar-refractivity contribution < 1.29 is 15.0 Å². The number of thioether (sulfide) groups is 1. The van der Waals surface area contributed by atoms with Crippen LogP contribution in [0.25, 0.3) is 0 Å². The van der Waals surface area contributed by atoms with Gasteiger partial charge in [-0.15, -0.1) is 0 Å². The van der Waals surface area contributed by atoms with Gasteiger partial charge in [0.05, 0.1) is 12.3 Å². The summed E-state index contributed by atoms with van der Waals surface area (Å²) < 4.78 is 0. The van der Waals surface area contributed by atoms with Crippen molar-refractivity contribution in [2.24, 2.45) is 0 Å². The summed E-state index contributed by atoms with van der Waals surface area (Å²) >= 11 is 1.09. The number of nitriles is 1. The molecule has 0 bridgehead atoms. The van der Waals surface area contributed by atoms with Gasteiger partial charge in [0.1, 0.15) is 17.9 Å². The zero-order valence-corrected chi connectivity index (χ0v) is 10.1. The largest absolute Gasteiger partial charge is 0.390 e. The summed E-state index contributed by atoms with van der Waals surface area (Å²) in [5, 5.41) is 34.2. The van der Waals surface area contributed by atoms with Crippen LogP contribution >= 0.6 is 11.8 Å². The van der Waals surface area contributed by atoms with E-state index in [2.05, 4.69) is 10.2 Å². The van der Waals surface area contributed by atoms with E-state index in [1.807, 2.05) is 6.07 Å². The molecule has 6 nitrogen and oxygen atoms in total. The zero-order valence-electron chi connectivity index (χ0n) is 9.25. The maximum Gasteiger partial charge on any atom is 0.185 e. The van der Waals surface area contributed by atoms with E-state index >= 15 is 0 Å². The molecule has 0 aromatic carbocycles. The third-order valence-electron chi connectivity index (χ3n) is 2.18. The van der Waals surface area contributed by atoms with Crippen molar-refractivity contribution >= 4 is 16.9 Å². The van der Waals surface area contributed by atoms with E-state index in [-0.39, 0.29) is 22.8 Å². The number of rotatable bonds is 5. The second-order valence-corrected chi connectivity index (χ2v) is 4.72. The molecule has 0 spiro atoms. The van der Waals surface area contributed by atoms with Crippen LogP contribution < -0.4 is 0 Å². The first-order chi connectivity index (χ1) is 8.06. The third kappa shape index (κ3) is 3.85. The molecule has 1 aromatic rings. The van der Waals surface area contributed by atoms with Crippen molar-refractivity contribution in [1.29, 1.82) is 5.26 Å². The summed E-state index contributed by atoms with van der Waals surface area (Å²) in [7, 11) is 0. The predicted molar refractivity (Wildman–Crippen MR) is 62.0 cm³/mol. The van der Waals surface area contributed by atoms with Gasteiger partial charge in [-0.05, 0) is 6.42 Å². The minimum absolute atomic E-state index is 0.0345. The van der Waals surface area contributed by atoms with Gasteiger partial charge in [-0.25, -0.2) is 0 Å². The van der Waals surface area contributed by atoms with Crippen molar-refractivity contribution in [2.45, 2.75) is 25.6 Å². The van der Waals surface area contributed by atoms with Crippen LogP contribution in [0.15, 0.2) is 6.20 Å². The Bertz CT molecular complexity index is 427. The number of aliphatic hydroxyl groups is 2. The van der Waals surface area contributed by atoms with Gasteiger partial charge in [0.15, 0.2) is 5.12 Å². The van der Waals surface area contributed by atoms with Crippen LogP contribution in [0.1, 0.15) is 30.7 Å². The topological polar surface area (TPSA) is 110 Å². The normalized spacial score (nSPS) is 14.0. The molecule has 17 heavy (non-hydrogen) atoms. The van der Waals surface area contributed by atoms with Gasteiger partial charge in [0, 0.05) is 18.2 Å². The Hall–Kier alpha value is -1.36. The number of nitrogens with zero attached hydrogens (tertiary/aromatic N) is 2.